The van der Waals surface area contributed by atoms with Gasteiger partial charge in [0.1, 0.15) is 22.9 Å². The minimum Gasteiger partial charge on any atom is -0.497 e. The van der Waals surface area contributed by atoms with Crippen molar-refractivity contribution in [3.05, 3.63) is 54.2 Å². The van der Waals surface area contributed by atoms with E-state index >= 15 is 0 Å². The number of benzene rings is 2. The number of aromatic nitrogens is 2. The van der Waals surface area contributed by atoms with Crippen molar-refractivity contribution in [3.63, 3.8) is 0 Å². The zero-order chi connectivity index (χ0) is 19.4. The summed E-state index contributed by atoms with van der Waals surface area (Å²) in [6, 6.07) is 14.3. The second-order valence-electron chi connectivity index (χ2n) is 5.79. The van der Waals surface area contributed by atoms with Crippen molar-refractivity contribution in [2.24, 2.45) is 7.05 Å². The summed E-state index contributed by atoms with van der Waals surface area (Å²) in [5, 5.41) is 7.31. The fraction of sp³-hybridized carbons (Fsp3) is 0.200. The molecule has 7 heteroatoms. The van der Waals surface area contributed by atoms with Crippen LogP contribution in [0.4, 0.5) is 5.69 Å². The maximum Gasteiger partial charge on any atom is 0.273 e. The Morgan fingerprint density at radius 1 is 0.963 bits per heavy atom. The molecule has 0 aliphatic heterocycles. The zero-order valence-corrected chi connectivity index (χ0v) is 15.6. The normalized spacial score (nSPS) is 10.4. The van der Waals surface area contributed by atoms with Crippen LogP contribution in [0, 0.1) is 0 Å². The van der Waals surface area contributed by atoms with E-state index in [4.69, 9.17) is 14.2 Å². The van der Waals surface area contributed by atoms with E-state index in [2.05, 4.69) is 10.4 Å². The average molecular weight is 367 g/mol. The highest BCUT2D eigenvalue weighted by molar-refractivity contribution is 6.03. The third kappa shape index (κ3) is 3.87. The number of aryl methyl sites for hydroxylation is 1. The molecule has 1 aromatic heterocycles. The van der Waals surface area contributed by atoms with Crippen LogP contribution in [-0.4, -0.2) is 37.0 Å². The molecule has 140 valence electrons. The summed E-state index contributed by atoms with van der Waals surface area (Å²) < 4.78 is 17.4. The number of hydrogen-bond donors (Lipinski definition) is 1. The van der Waals surface area contributed by atoms with Crippen LogP contribution in [0.2, 0.25) is 0 Å². The van der Waals surface area contributed by atoms with E-state index in [0.29, 0.717) is 34.3 Å². The summed E-state index contributed by atoms with van der Waals surface area (Å²) in [4.78, 5) is 12.7. The fourth-order valence-corrected chi connectivity index (χ4v) is 2.72. The van der Waals surface area contributed by atoms with Crippen molar-refractivity contribution in [1.82, 2.24) is 9.78 Å². The number of methoxy groups -OCH3 is 3. The Kier molecular flexibility index (Phi) is 5.30. The van der Waals surface area contributed by atoms with E-state index < -0.39 is 0 Å². The lowest BCUT2D eigenvalue weighted by atomic mass is 10.1. The predicted molar refractivity (Wildman–Crippen MR) is 103 cm³/mol. The molecule has 0 radical (unpaired) electrons. The maximum atomic E-state index is 12.7. The fourth-order valence-electron chi connectivity index (χ4n) is 2.72. The van der Waals surface area contributed by atoms with Crippen LogP contribution in [-0.2, 0) is 7.05 Å². The van der Waals surface area contributed by atoms with Crippen molar-refractivity contribution in [1.29, 1.82) is 0 Å². The minimum absolute atomic E-state index is 0.267. The molecule has 0 bridgehead atoms. The Morgan fingerprint density at radius 3 is 2.41 bits per heavy atom. The number of hydrogen-bond acceptors (Lipinski definition) is 5. The highest BCUT2D eigenvalue weighted by atomic mass is 16.5. The van der Waals surface area contributed by atoms with E-state index in [9.17, 15) is 4.79 Å². The molecule has 0 saturated carbocycles. The Balaban J connectivity index is 1.89. The zero-order valence-electron chi connectivity index (χ0n) is 15.6. The third-order valence-corrected chi connectivity index (χ3v) is 4.12. The van der Waals surface area contributed by atoms with E-state index in [1.807, 2.05) is 24.3 Å². The van der Waals surface area contributed by atoms with Crippen molar-refractivity contribution < 1.29 is 19.0 Å². The lowest BCUT2D eigenvalue weighted by molar-refractivity contribution is 0.101. The first-order valence-electron chi connectivity index (χ1n) is 8.27. The summed E-state index contributed by atoms with van der Waals surface area (Å²) in [6.07, 6.45) is 0. The van der Waals surface area contributed by atoms with Crippen molar-refractivity contribution in [3.8, 4) is 28.5 Å². The average Bonchev–Trinajstić information content (AvgIpc) is 3.09. The molecule has 1 heterocycles. The number of anilines is 1. The predicted octanol–water partition coefficient (Wildman–Crippen LogP) is 3.37. The van der Waals surface area contributed by atoms with Gasteiger partial charge in [0, 0.05) is 30.4 Å². The van der Waals surface area contributed by atoms with Gasteiger partial charge in [-0.15, -0.1) is 0 Å². The molecule has 7 nitrogen and oxygen atoms in total. The molecule has 0 fully saturated rings. The largest absolute Gasteiger partial charge is 0.497 e. The Bertz CT molecular complexity index is 966. The summed E-state index contributed by atoms with van der Waals surface area (Å²) in [6.45, 7) is 0. The summed E-state index contributed by atoms with van der Waals surface area (Å²) in [5.41, 5.74) is 2.47. The number of nitrogens with zero attached hydrogens (tertiary/aromatic N) is 2. The van der Waals surface area contributed by atoms with Gasteiger partial charge in [0.15, 0.2) is 0 Å². The van der Waals surface area contributed by atoms with Crippen LogP contribution in [0.15, 0.2) is 48.5 Å². The molecular formula is C20H21N3O4. The maximum absolute atomic E-state index is 12.7. The second kappa shape index (κ2) is 7.82. The summed E-state index contributed by atoms with van der Waals surface area (Å²) >= 11 is 0. The smallest absolute Gasteiger partial charge is 0.273 e. The molecule has 3 aromatic rings. The van der Waals surface area contributed by atoms with Crippen LogP contribution in [0.25, 0.3) is 11.3 Å². The van der Waals surface area contributed by atoms with Crippen molar-refractivity contribution in [2.75, 3.05) is 26.6 Å². The lowest BCUT2D eigenvalue weighted by Crippen LogP contribution is -2.16. The van der Waals surface area contributed by atoms with Crippen LogP contribution >= 0.6 is 0 Å². The summed E-state index contributed by atoms with van der Waals surface area (Å²) in [7, 11) is 6.48. The molecule has 0 aliphatic carbocycles. The highest BCUT2D eigenvalue weighted by Gasteiger charge is 2.17. The molecule has 27 heavy (non-hydrogen) atoms. The molecule has 0 atom stereocenters. The lowest BCUT2D eigenvalue weighted by Gasteiger charge is -2.08. The molecule has 2 aromatic carbocycles. The molecule has 0 aliphatic rings. The van der Waals surface area contributed by atoms with E-state index in [1.54, 1.807) is 52.6 Å². The van der Waals surface area contributed by atoms with E-state index in [-0.39, 0.29) is 5.91 Å². The van der Waals surface area contributed by atoms with Gasteiger partial charge in [-0.3, -0.25) is 9.48 Å². The van der Waals surface area contributed by atoms with Gasteiger partial charge in [-0.05, 0) is 30.3 Å². The van der Waals surface area contributed by atoms with Gasteiger partial charge in [0.05, 0.1) is 27.0 Å². The topological polar surface area (TPSA) is 74.6 Å². The standard InChI is InChI=1S/C20H21N3O4/c1-23-18(20(24)21-13-6-5-7-14(10-13)25-2)12-17(22-23)16-9-8-15(26-3)11-19(16)27-4/h5-12H,1-4H3,(H,21,24). The Morgan fingerprint density at radius 2 is 1.70 bits per heavy atom. The quantitative estimate of drug-likeness (QED) is 0.723. The van der Waals surface area contributed by atoms with Gasteiger partial charge < -0.3 is 19.5 Å². The van der Waals surface area contributed by atoms with Crippen molar-refractivity contribution in [2.45, 2.75) is 0 Å². The Labute approximate surface area is 157 Å². The number of ether oxygens (including phenoxy) is 3. The number of carbonyl (C=O) groups excluding carboxylic acids is 1. The summed E-state index contributed by atoms with van der Waals surface area (Å²) in [5.74, 6) is 1.70. The van der Waals surface area contributed by atoms with Crippen LogP contribution < -0.4 is 19.5 Å². The molecule has 1 N–H and O–H groups in total. The van der Waals surface area contributed by atoms with Gasteiger partial charge in [-0.25, -0.2) is 0 Å². The van der Waals surface area contributed by atoms with Gasteiger partial charge in [-0.2, -0.15) is 5.10 Å². The van der Waals surface area contributed by atoms with Crippen LogP contribution in [0.3, 0.4) is 0 Å². The number of amides is 1. The van der Waals surface area contributed by atoms with Gasteiger partial charge in [0.25, 0.3) is 5.91 Å². The van der Waals surface area contributed by atoms with Crippen LogP contribution in [0.1, 0.15) is 10.5 Å². The highest BCUT2D eigenvalue weighted by Crippen LogP contribution is 2.33. The number of carbonyl (C=O) groups is 1. The molecule has 0 spiro atoms. The number of nitrogens with one attached hydrogen (secondary N) is 1. The van der Waals surface area contributed by atoms with Gasteiger partial charge >= 0.3 is 0 Å². The first-order chi connectivity index (χ1) is 13.0. The van der Waals surface area contributed by atoms with E-state index in [1.165, 1.54) is 4.68 Å². The molecule has 0 saturated heterocycles. The Hall–Kier alpha value is -3.48. The number of rotatable bonds is 6. The first kappa shape index (κ1) is 18.3. The second-order valence-corrected chi connectivity index (χ2v) is 5.79. The van der Waals surface area contributed by atoms with E-state index in [0.717, 1.165) is 5.56 Å². The third-order valence-electron chi connectivity index (χ3n) is 4.12. The van der Waals surface area contributed by atoms with Gasteiger partial charge in [0.2, 0.25) is 0 Å². The van der Waals surface area contributed by atoms with Crippen LogP contribution in [0.5, 0.6) is 17.2 Å². The SMILES string of the molecule is COc1cccc(NC(=O)c2cc(-c3ccc(OC)cc3OC)nn2C)c1. The molecule has 3 rings (SSSR count). The molecular weight excluding hydrogens is 346 g/mol. The molecule has 1 amide bonds. The van der Waals surface area contributed by atoms with Gasteiger partial charge in [-0.1, -0.05) is 6.07 Å². The monoisotopic (exact) mass is 367 g/mol. The molecule has 0 unspecified atom stereocenters. The first-order valence-corrected chi connectivity index (χ1v) is 8.27. The minimum atomic E-state index is -0.267. The van der Waals surface area contributed by atoms with Crippen molar-refractivity contribution >= 4 is 11.6 Å².